The molecular weight excluding hydrogens is 442 g/mol. The van der Waals surface area contributed by atoms with E-state index >= 15 is 0 Å². The standard InChI is InChI=1S/C24H23N3O5S/c28-21(25-18-8-2-1-3-9-18)16-32-19-10-6-7-17(13-19)14-20-23(30)27(24(31)33-20)15-22(29)26-11-4-5-12-26/h1-3,6-10,13-14H,4-5,11-12,15-16H2,(H,25,28)/b20-14-. The molecule has 2 fully saturated rings. The molecule has 9 heteroatoms. The summed E-state index contributed by atoms with van der Waals surface area (Å²) < 4.78 is 5.56. The van der Waals surface area contributed by atoms with E-state index in [1.54, 1.807) is 47.4 Å². The molecular formula is C24H23N3O5S. The molecule has 0 atom stereocenters. The van der Waals surface area contributed by atoms with Crippen molar-refractivity contribution in [3.63, 3.8) is 0 Å². The van der Waals surface area contributed by atoms with Gasteiger partial charge in [0.25, 0.3) is 17.1 Å². The van der Waals surface area contributed by atoms with Crippen LogP contribution in [0.3, 0.4) is 0 Å². The Morgan fingerprint density at radius 3 is 2.55 bits per heavy atom. The van der Waals surface area contributed by atoms with E-state index in [9.17, 15) is 19.2 Å². The van der Waals surface area contributed by atoms with Crippen LogP contribution in [0.15, 0.2) is 59.5 Å². The minimum Gasteiger partial charge on any atom is -0.484 e. The van der Waals surface area contributed by atoms with Crippen LogP contribution in [0.2, 0.25) is 0 Å². The minimum absolute atomic E-state index is 0.173. The Hall–Kier alpha value is -3.59. The number of anilines is 1. The third kappa shape index (κ3) is 5.81. The zero-order chi connectivity index (χ0) is 23.2. The van der Waals surface area contributed by atoms with Gasteiger partial charge >= 0.3 is 0 Å². The number of ether oxygens (including phenoxy) is 1. The molecule has 0 radical (unpaired) electrons. The molecule has 0 spiro atoms. The number of amides is 4. The molecule has 2 aromatic rings. The smallest absolute Gasteiger partial charge is 0.294 e. The highest BCUT2D eigenvalue weighted by atomic mass is 32.2. The highest BCUT2D eigenvalue weighted by molar-refractivity contribution is 8.18. The number of likely N-dealkylation sites (tertiary alicyclic amines) is 1. The number of thioether (sulfide) groups is 1. The first-order chi connectivity index (χ1) is 16.0. The van der Waals surface area contributed by atoms with Gasteiger partial charge in [-0.3, -0.25) is 24.1 Å². The van der Waals surface area contributed by atoms with E-state index < -0.39 is 11.1 Å². The predicted octanol–water partition coefficient (Wildman–Crippen LogP) is 3.36. The van der Waals surface area contributed by atoms with E-state index in [1.165, 1.54) is 0 Å². The number of carbonyl (C=O) groups excluding carboxylic acids is 4. The molecule has 2 aliphatic rings. The second-order valence-electron chi connectivity index (χ2n) is 7.63. The average Bonchev–Trinajstić information content (AvgIpc) is 3.44. The summed E-state index contributed by atoms with van der Waals surface area (Å²) >= 11 is 0.809. The molecule has 33 heavy (non-hydrogen) atoms. The van der Waals surface area contributed by atoms with Crippen molar-refractivity contribution in [2.75, 3.05) is 31.6 Å². The third-order valence-corrected chi connectivity index (χ3v) is 6.12. The van der Waals surface area contributed by atoms with E-state index in [0.717, 1.165) is 29.5 Å². The van der Waals surface area contributed by atoms with E-state index in [0.29, 0.717) is 30.1 Å². The first-order valence-electron chi connectivity index (χ1n) is 10.6. The Morgan fingerprint density at radius 2 is 1.79 bits per heavy atom. The van der Waals surface area contributed by atoms with Crippen molar-refractivity contribution in [3.05, 3.63) is 65.1 Å². The Kier molecular flexibility index (Phi) is 7.09. The SMILES string of the molecule is O=C(COc1cccc(/C=C2\SC(=O)N(CC(=O)N3CCCC3)C2=O)c1)Nc1ccccc1. The van der Waals surface area contributed by atoms with Crippen molar-refractivity contribution in [1.29, 1.82) is 0 Å². The Morgan fingerprint density at radius 1 is 1.03 bits per heavy atom. The second-order valence-corrected chi connectivity index (χ2v) is 8.62. The topological polar surface area (TPSA) is 96.0 Å². The number of nitrogens with zero attached hydrogens (tertiary/aromatic N) is 2. The van der Waals surface area contributed by atoms with Crippen molar-refractivity contribution in [2.45, 2.75) is 12.8 Å². The van der Waals surface area contributed by atoms with Crippen LogP contribution in [0.5, 0.6) is 5.75 Å². The van der Waals surface area contributed by atoms with Crippen LogP contribution < -0.4 is 10.1 Å². The summed E-state index contributed by atoms with van der Waals surface area (Å²) in [7, 11) is 0. The molecule has 0 aliphatic carbocycles. The third-order valence-electron chi connectivity index (χ3n) is 5.21. The molecule has 170 valence electrons. The van der Waals surface area contributed by atoms with Crippen LogP contribution in [-0.4, -0.2) is 59.0 Å². The first-order valence-corrected chi connectivity index (χ1v) is 11.4. The summed E-state index contributed by atoms with van der Waals surface area (Å²) in [5.74, 6) is -0.530. The first kappa shape index (κ1) is 22.6. The summed E-state index contributed by atoms with van der Waals surface area (Å²) in [5, 5.41) is 2.28. The van der Waals surface area contributed by atoms with Crippen molar-refractivity contribution in [3.8, 4) is 5.75 Å². The lowest BCUT2D eigenvalue weighted by Crippen LogP contribution is -2.40. The van der Waals surface area contributed by atoms with Gasteiger partial charge in [-0.2, -0.15) is 0 Å². The van der Waals surface area contributed by atoms with Gasteiger partial charge in [0.15, 0.2) is 6.61 Å². The van der Waals surface area contributed by atoms with Gasteiger partial charge in [0.1, 0.15) is 12.3 Å². The number of benzene rings is 2. The maximum Gasteiger partial charge on any atom is 0.294 e. The number of rotatable bonds is 7. The maximum atomic E-state index is 12.7. The number of imide groups is 1. The average molecular weight is 466 g/mol. The molecule has 1 N–H and O–H groups in total. The molecule has 2 heterocycles. The monoisotopic (exact) mass is 465 g/mol. The van der Waals surface area contributed by atoms with E-state index in [1.807, 2.05) is 18.2 Å². The number of hydrogen-bond acceptors (Lipinski definition) is 6. The van der Waals surface area contributed by atoms with Crippen LogP contribution in [0, 0.1) is 0 Å². The fourth-order valence-corrected chi connectivity index (χ4v) is 4.39. The molecule has 4 amide bonds. The van der Waals surface area contributed by atoms with Gasteiger partial charge in [-0.15, -0.1) is 0 Å². The number of carbonyl (C=O) groups is 4. The molecule has 0 bridgehead atoms. The number of para-hydroxylation sites is 1. The van der Waals surface area contributed by atoms with Gasteiger partial charge in [-0.05, 0) is 60.5 Å². The van der Waals surface area contributed by atoms with Crippen LogP contribution in [0.4, 0.5) is 10.5 Å². The van der Waals surface area contributed by atoms with Crippen molar-refractivity contribution in [1.82, 2.24) is 9.80 Å². The van der Waals surface area contributed by atoms with Gasteiger partial charge in [-0.1, -0.05) is 30.3 Å². The van der Waals surface area contributed by atoms with E-state index in [-0.39, 0.29) is 29.9 Å². The molecule has 2 aromatic carbocycles. The van der Waals surface area contributed by atoms with Gasteiger partial charge < -0.3 is 15.0 Å². The Balaban J connectivity index is 1.36. The molecule has 0 saturated carbocycles. The van der Waals surface area contributed by atoms with Gasteiger partial charge in [0.2, 0.25) is 5.91 Å². The number of hydrogen-bond donors (Lipinski definition) is 1. The Labute approximate surface area is 195 Å². The summed E-state index contributed by atoms with van der Waals surface area (Å²) in [6.07, 6.45) is 3.47. The van der Waals surface area contributed by atoms with Gasteiger partial charge in [0, 0.05) is 18.8 Å². The minimum atomic E-state index is -0.480. The maximum absolute atomic E-state index is 12.7. The number of nitrogens with one attached hydrogen (secondary N) is 1. The highest BCUT2D eigenvalue weighted by Gasteiger charge is 2.37. The summed E-state index contributed by atoms with van der Waals surface area (Å²) in [6, 6.07) is 15.9. The fraction of sp³-hybridized carbons (Fsp3) is 0.250. The van der Waals surface area contributed by atoms with Crippen LogP contribution >= 0.6 is 11.8 Å². The Bertz CT molecular complexity index is 1100. The van der Waals surface area contributed by atoms with E-state index in [4.69, 9.17) is 4.74 Å². The quantitative estimate of drug-likeness (QED) is 0.630. The molecule has 0 aromatic heterocycles. The summed E-state index contributed by atoms with van der Waals surface area (Å²) in [4.78, 5) is 52.4. The molecule has 4 rings (SSSR count). The molecule has 0 unspecified atom stereocenters. The fourth-order valence-electron chi connectivity index (χ4n) is 3.55. The zero-order valence-electron chi connectivity index (χ0n) is 17.9. The lowest BCUT2D eigenvalue weighted by Gasteiger charge is -2.18. The zero-order valence-corrected chi connectivity index (χ0v) is 18.7. The molecule has 2 saturated heterocycles. The predicted molar refractivity (Wildman–Crippen MR) is 125 cm³/mol. The van der Waals surface area contributed by atoms with E-state index in [2.05, 4.69) is 5.32 Å². The second kappa shape index (κ2) is 10.4. The lowest BCUT2D eigenvalue weighted by molar-refractivity contribution is -0.135. The van der Waals surface area contributed by atoms with Crippen LogP contribution in [0.25, 0.3) is 6.08 Å². The highest BCUT2D eigenvalue weighted by Crippen LogP contribution is 2.32. The normalized spacial score (nSPS) is 17.0. The van der Waals surface area contributed by atoms with Crippen LogP contribution in [-0.2, 0) is 14.4 Å². The largest absolute Gasteiger partial charge is 0.484 e. The van der Waals surface area contributed by atoms with Crippen LogP contribution in [0.1, 0.15) is 18.4 Å². The lowest BCUT2D eigenvalue weighted by atomic mass is 10.2. The van der Waals surface area contributed by atoms with Gasteiger partial charge in [-0.25, -0.2) is 0 Å². The van der Waals surface area contributed by atoms with Crippen molar-refractivity contribution < 1.29 is 23.9 Å². The van der Waals surface area contributed by atoms with Gasteiger partial charge in [0.05, 0.1) is 4.91 Å². The summed E-state index contributed by atoms with van der Waals surface area (Å²) in [6.45, 7) is 0.928. The summed E-state index contributed by atoms with van der Waals surface area (Å²) in [5.41, 5.74) is 1.33. The van der Waals surface area contributed by atoms with Crippen molar-refractivity contribution >= 4 is 46.5 Å². The molecule has 2 aliphatic heterocycles. The van der Waals surface area contributed by atoms with Crippen molar-refractivity contribution in [2.24, 2.45) is 0 Å². The molecule has 8 nitrogen and oxygen atoms in total.